The van der Waals surface area contributed by atoms with Crippen LogP contribution in [0.25, 0.3) is 0 Å². The minimum absolute atomic E-state index is 0.0120. The molecule has 1 heterocycles. The molecule has 1 atom stereocenters. The number of halogens is 3. The van der Waals surface area contributed by atoms with Gasteiger partial charge in [-0.1, -0.05) is 25.1 Å². The van der Waals surface area contributed by atoms with Gasteiger partial charge in [0.1, 0.15) is 28.4 Å². The molecule has 0 aromatic heterocycles. The van der Waals surface area contributed by atoms with Crippen molar-refractivity contribution in [2.75, 3.05) is 5.32 Å². The van der Waals surface area contributed by atoms with Gasteiger partial charge < -0.3 is 5.32 Å². The summed E-state index contributed by atoms with van der Waals surface area (Å²) < 4.78 is 70.1. The van der Waals surface area contributed by atoms with Crippen LogP contribution in [0.4, 0.5) is 18.9 Å². The largest absolute Gasteiger partial charge is 0.324 e. The van der Waals surface area contributed by atoms with Crippen molar-refractivity contribution in [2.45, 2.75) is 24.3 Å². The first-order chi connectivity index (χ1) is 15.7. The molecule has 2 N–H and O–H groups in total. The van der Waals surface area contributed by atoms with Gasteiger partial charge in [0.05, 0.1) is 17.8 Å². The van der Waals surface area contributed by atoms with Gasteiger partial charge in [-0.15, -0.1) is 0 Å². The second-order valence-corrected chi connectivity index (χ2v) is 9.08. The van der Waals surface area contributed by atoms with Gasteiger partial charge in [-0.25, -0.2) is 31.3 Å². The van der Waals surface area contributed by atoms with Crippen LogP contribution in [0.1, 0.15) is 35.1 Å². The first kappa shape index (κ1) is 22.4. The van der Waals surface area contributed by atoms with Crippen molar-refractivity contribution >= 4 is 21.7 Å². The van der Waals surface area contributed by atoms with Crippen LogP contribution in [0.15, 0.2) is 64.5 Å². The number of aliphatic imine (C=N–C) groups is 1. The fourth-order valence-corrected chi connectivity index (χ4v) is 4.78. The first-order valence-electron chi connectivity index (χ1n) is 9.80. The van der Waals surface area contributed by atoms with Crippen molar-refractivity contribution in [1.29, 1.82) is 5.26 Å². The number of benzene rings is 3. The number of nitriles is 1. The van der Waals surface area contributed by atoms with E-state index in [1.807, 2.05) is 0 Å². The summed E-state index contributed by atoms with van der Waals surface area (Å²) in [5, 5.41) is 11.9. The van der Waals surface area contributed by atoms with E-state index in [1.165, 1.54) is 30.3 Å². The SMILES string of the molecule is CC(c1ccc(F)c(C#N)c1)c1c(F)ccc2c1NC(=NCc1cccc(F)c1)NS2(=O)=O. The summed E-state index contributed by atoms with van der Waals surface area (Å²) in [5.74, 6) is -2.72. The number of hydrogen-bond acceptors (Lipinski definition) is 4. The average Bonchev–Trinajstić information content (AvgIpc) is 2.77. The Morgan fingerprint density at radius 1 is 1.06 bits per heavy atom. The molecule has 10 heteroatoms. The van der Waals surface area contributed by atoms with E-state index >= 15 is 0 Å². The molecule has 6 nitrogen and oxygen atoms in total. The molecule has 4 rings (SSSR count). The number of nitrogens with zero attached hydrogens (tertiary/aromatic N) is 2. The smallest absolute Gasteiger partial charge is 0.266 e. The third kappa shape index (κ3) is 4.40. The van der Waals surface area contributed by atoms with E-state index in [0.717, 1.165) is 18.2 Å². The minimum atomic E-state index is -4.07. The summed E-state index contributed by atoms with van der Waals surface area (Å²) in [6.45, 7) is 1.59. The van der Waals surface area contributed by atoms with Gasteiger partial charge in [0.2, 0.25) is 5.96 Å². The Balaban J connectivity index is 1.77. The lowest BCUT2D eigenvalue weighted by molar-refractivity contribution is 0.586. The molecule has 3 aromatic carbocycles. The van der Waals surface area contributed by atoms with Crippen LogP contribution in [0.2, 0.25) is 0 Å². The van der Waals surface area contributed by atoms with E-state index in [9.17, 15) is 21.6 Å². The van der Waals surface area contributed by atoms with Crippen molar-refractivity contribution in [2.24, 2.45) is 4.99 Å². The zero-order valence-corrected chi connectivity index (χ0v) is 18.1. The van der Waals surface area contributed by atoms with E-state index in [4.69, 9.17) is 5.26 Å². The van der Waals surface area contributed by atoms with Gasteiger partial charge in [0.15, 0.2) is 0 Å². The Labute approximate surface area is 188 Å². The van der Waals surface area contributed by atoms with E-state index in [-0.39, 0.29) is 34.2 Å². The molecular formula is C23H17F3N4O2S. The maximum atomic E-state index is 15.0. The van der Waals surface area contributed by atoms with Crippen LogP contribution in [0.3, 0.4) is 0 Å². The lowest BCUT2D eigenvalue weighted by atomic mass is 9.90. The Kier molecular flexibility index (Phi) is 5.82. The maximum absolute atomic E-state index is 15.0. The Morgan fingerprint density at radius 2 is 1.82 bits per heavy atom. The molecule has 0 saturated carbocycles. The van der Waals surface area contributed by atoms with Crippen LogP contribution < -0.4 is 10.0 Å². The molecule has 0 bridgehead atoms. The molecule has 0 radical (unpaired) electrons. The molecule has 1 aliphatic rings. The monoisotopic (exact) mass is 470 g/mol. The molecule has 33 heavy (non-hydrogen) atoms. The molecule has 0 amide bonds. The number of anilines is 1. The van der Waals surface area contributed by atoms with Crippen molar-refractivity contribution in [3.63, 3.8) is 0 Å². The van der Waals surface area contributed by atoms with Crippen molar-refractivity contribution < 1.29 is 21.6 Å². The Bertz CT molecular complexity index is 1430. The highest BCUT2D eigenvalue weighted by atomic mass is 32.2. The van der Waals surface area contributed by atoms with Gasteiger partial charge in [0.25, 0.3) is 10.0 Å². The molecule has 0 aliphatic carbocycles. The van der Waals surface area contributed by atoms with Crippen molar-refractivity contribution in [1.82, 2.24) is 4.72 Å². The molecule has 1 unspecified atom stereocenters. The molecule has 1 aliphatic heterocycles. The number of fused-ring (bicyclic) bond motifs is 1. The third-order valence-electron chi connectivity index (χ3n) is 5.27. The Morgan fingerprint density at radius 3 is 2.55 bits per heavy atom. The first-order valence-corrected chi connectivity index (χ1v) is 11.3. The highest BCUT2D eigenvalue weighted by Gasteiger charge is 2.32. The summed E-state index contributed by atoms with van der Waals surface area (Å²) >= 11 is 0. The topological polar surface area (TPSA) is 94.3 Å². The molecule has 0 spiro atoms. The summed E-state index contributed by atoms with van der Waals surface area (Å²) in [7, 11) is -4.07. The number of sulfonamides is 1. The summed E-state index contributed by atoms with van der Waals surface area (Å²) in [4.78, 5) is 3.98. The van der Waals surface area contributed by atoms with E-state index in [2.05, 4.69) is 15.0 Å². The number of rotatable bonds is 4. The number of nitrogens with one attached hydrogen (secondary N) is 2. The molecule has 168 valence electrons. The second kappa shape index (κ2) is 8.60. The fourth-order valence-electron chi connectivity index (χ4n) is 3.62. The second-order valence-electron chi connectivity index (χ2n) is 7.43. The van der Waals surface area contributed by atoms with Gasteiger partial charge in [-0.05, 0) is 47.5 Å². The van der Waals surface area contributed by atoms with E-state index in [1.54, 1.807) is 19.1 Å². The molecule has 0 saturated heterocycles. The molecule has 0 fully saturated rings. The van der Waals surface area contributed by atoms with Crippen LogP contribution in [-0.4, -0.2) is 14.4 Å². The van der Waals surface area contributed by atoms with Gasteiger partial charge in [-0.2, -0.15) is 5.26 Å². The van der Waals surface area contributed by atoms with Crippen LogP contribution in [0, 0.1) is 28.8 Å². The standard InChI is InChI=1S/C23H17F3N4O2S/c1-13(15-5-6-18(25)16(10-15)11-27)21-19(26)7-8-20-22(21)29-23(30-33(20,31)32)28-12-14-3-2-4-17(24)9-14/h2-10,13H,12H2,1H3,(H2,28,29,30). The summed E-state index contributed by atoms with van der Waals surface area (Å²) in [5.41, 5.74) is 0.742. The maximum Gasteiger partial charge on any atom is 0.266 e. The predicted octanol–water partition coefficient (Wildman–Crippen LogP) is 4.39. The lowest BCUT2D eigenvalue weighted by Crippen LogP contribution is -2.41. The van der Waals surface area contributed by atoms with Gasteiger partial charge >= 0.3 is 0 Å². The number of hydrogen-bond donors (Lipinski definition) is 2. The van der Waals surface area contributed by atoms with E-state index < -0.39 is 33.4 Å². The third-order valence-corrected chi connectivity index (χ3v) is 6.65. The number of guanidine groups is 1. The highest BCUT2D eigenvalue weighted by molar-refractivity contribution is 7.90. The van der Waals surface area contributed by atoms with Crippen LogP contribution in [-0.2, 0) is 16.6 Å². The summed E-state index contributed by atoms with van der Waals surface area (Å²) in [6, 6.07) is 13.4. The Hall–Kier alpha value is -3.84. The molecule has 3 aromatic rings. The van der Waals surface area contributed by atoms with Crippen LogP contribution >= 0.6 is 0 Å². The van der Waals surface area contributed by atoms with Gasteiger partial charge in [0, 0.05) is 11.5 Å². The molecular weight excluding hydrogens is 453 g/mol. The average molecular weight is 470 g/mol. The normalized spacial score (nSPS) is 16.3. The van der Waals surface area contributed by atoms with Crippen molar-refractivity contribution in [3.8, 4) is 6.07 Å². The predicted molar refractivity (Wildman–Crippen MR) is 117 cm³/mol. The van der Waals surface area contributed by atoms with Gasteiger partial charge in [-0.3, -0.25) is 0 Å². The lowest BCUT2D eigenvalue weighted by Gasteiger charge is -2.26. The summed E-state index contributed by atoms with van der Waals surface area (Å²) in [6.07, 6.45) is 0. The van der Waals surface area contributed by atoms with E-state index in [0.29, 0.717) is 11.1 Å². The minimum Gasteiger partial charge on any atom is -0.324 e. The zero-order valence-electron chi connectivity index (χ0n) is 17.2. The fraction of sp³-hybridized carbons (Fsp3) is 0.130. The van der Waals surface area contributed by atoms with Crippen LogP contribution in [0.5, 0.6) is 0 Å². The van der Waals surface area contributed by atoms with Crippen molar-refractivity contribution in [3.05, 3.63) is 94.3 Å². The quantitative estimate of drug-likeness (QED) is 0.592. The zero-order chi connectivity index (χ0) is 23.8. The highest BCUT2D eigenvalue weighted by Crippen LogP contribution is 2.38.